The van der Waals surface area contributed by atoms with Crippen LogP contribution in [0.2, 0.25) is 0 Å². The molecule has 1 heterocycles. The van der Waals surface area contributed by atoms with Gasteiger partial charge in [0.15, 0.2) is 0 Å². The number of carbonyl (C=O) groups is 1. The second-order valence-electron chi connectivity index (χ2n) is 7.18. The zero-order chi connectivity index (χ0) is 20.2. The standard InChI is InChI=1S/C22H25NO2.C2H6/c1-14(2)22(4,17-9-6-15(3)7-10-17)19-13-23-20-12-16(21(24)25-5)8-11-18(19)20;1-2/h6-14,23H,1-5H3;1-2H3. The lowest BCUT2D eigenvalue weighted by Crippen LogP contribution is -2.29. The Hall–Kier alpha value is -2.55. The van der Waals surface area contributed by atoms with Crippen LogP contribution in [0.4, 0.5) is 0 Å². The second-order valence-corrected chi connectivity index (χ2v) is 7.18. The van der Waals surface area contributed by atoms with Crippen LogP contribution in [0.1, 0.15) is 61.7 Å². The van der Waals surface area contributed by atoms with Crippen LogP contribution in [0, 0.1) is 12.8 Å². The van der Waals surface area contributed by atoms with Gasteiger partial charge in [-0.1, -0.05) is 70.5 Å². The molecule has 1 unspecified atom stereocenters. The molecule has 0 saturated carbocycles. The van der Waals surface area contributed by atoms with Crippen molar-refractivity contribution in [3.05, 3.63) is 70.9 Å². The topological polar surface area (TPSA) is 42.1 Å². The maximum atomic E-state index is 11.8. The van der Waals surface area contributed by atoms with Gasteiger partial charge in [-0.15, -0.1) is 0 Å². The Morgan fingerprint density at radius 1 is 1.07 bits per heavy atom. The van der Waals surface area contributed by atoms with E-state index >= 15 is 0 Å². The van der Waals surface area contributed by atoms with E-state index in [1.54, 1.807) is 0 Å². The summed E-state index contributed by atoms with van der Waals surface area (Å²) >= 11 is 0. The summed E-state index contributed by atoms with van der Waals surface area (Å²) in [6.45, 7) is 12.9. The third-order valence-electron chi connectivity index (χ3n) is 5.47. The van der Waals surface area contributed by atoms with Crippen LogP contribution in [0.25, 0.3) is 10.9 Å². The average Bonchev–Trinajstić information content (AvgIpc) is 3.12. The van der Waals surface area contributed by atoms with Crippen molar-refractivity contribution in [3.63, 3.8) is 0 Å². The molecule has 0 saturated heterocycles. The average molecular weight is 366 g/mol. The number of aromatic amines is 1. The highest BCUT2D eigenvalue weighted by molar-refractivity contribution is 5.95. The van der Waals surface area contributed by atoms with Crippen LogP contribution in [0.5, 0.6) is 0 Å². The largest absolute Gasteiger partial charge is 0.465 e. The molecule has 3 rings (SSSR count). The van der Waals surface area contributed by atoms with Gasteiger partial charge in [0.2, 0.25) is 0 Å². The number of aromatic nitrogens is 1. The molecule has 0 amide bonds. The second kappa shape index (κ2) is 8.43. The maximum absolute atomic E-state index is 11.8. The van der Waals surface area contributed by atoms with Crippen LogP contribution >= 0.6 is 0 Å². The Labute approximate surface area is 162 Å². The van der Waals surface area contributed by atoms with Crippen LogP contribution < -0.4 is 0 Å². The summed E-state index contributed by atoms with van der Waals surface area (Å²) in [5.74, 6) is 0.0951. The van der Waals surface area contributed by atoms with Crippen molar-refractivity contribution >= 4 is 16.9 Å². The molecule has 144 valence electrons. The molecule has 0 fully saturated rings. The van der Waals surface area contributed by atoms with E-state index in [0.29, 0.717) is 11.5 Å². The molecular formula is C24H31NO2. The summed E-state index contributed by atoms with van der Waals surface area (Å²) < 4.78 is 4.83. The number of methoxy groups -OCH3 is 1. The minimum absolute atomic E-state index is 0.126. The van der Waals surface area contributed by atoms with Crippen LogP contribution in [-0.2, 0) is 10.2 Å². The van der Waals surface area contributed by atoms with Gasteiger partial charge < -0.3 is 9.72 Å². The van der Waals surface area contributed by atoms with Crippen LogP contribution in [0.3, 0.4) is 0 Å². The minimum atomic E-state index is -0.316. The Balaban J connectivity index is 0.00000126. The molecule has 1 aromatic heterocycles. The number of fused-ring (bicyclic) bond motifs is 1. The summed E-state index contributed by atoms with van der Waals surface area (Å²) in [5, 5.41) is 1.14. The first-order valence-electron chi connectivity index (χ1n) is 9.65. The lowest BCUT2D eigenvalue weighted by molar-refractivity contribution is 0.0601. The molecule has 2 aromatic carbocycles. The molecule has 3 aromatic rings. The molecule has 0 aliphatic heterocycles. The molecule has 1 N–H and O–H groups in total. The third-order valence-corrected chi connectivity index (χ3v) is 5.47. The lowest BCUT2D eigenvalue weighted by atomic mass is 9.68. The molecule has 27 heavy (non-hydrogen) atoms. The fourth-order valence-electron chi connectivity index (χ4n) is 3.50. The molecule has 0 spiro atoms. The predicted molar refractivity (Wildman–Crippen MR) is 113 cm³/mol. The van der Waals surface area contributed by atoms with Crippen LogP contribution in [0.15, 0.2) is 48.7 Å². The predicted octanol–water partition coefficient (Wildman–Crippen LogP) is 6.25. The zero-order valence-electron chi connectivity index (χ0n) is 17.5. The SMILES string of the molecule is CC.COC(=O)c1ccc2c(C(C)(c3ccc(C)cc3)C(C)C)c[nH]c2c1. The number of benzene rings is 2. The first-order chi connectivity index (χ1) is 12.9. The Kier molecular flexibility index (Phi) is 6.48. The molecule has 0 aliphatic rings. The maximum Gasteiger partial charge on any atom is 0.337 e. The number of H-pyrrole nitrogens is 1. The van der Waals surface area contributed by atoms with Crippen molar-refractivity contribution in [1.29, 1.82) is 0 Å². The number of carbonyl (C=O) groups excluding carboxylic acids is 1. The van der Waals surface area contributed by atoms with Crippen LogP contribution in [-0.4, -0.2) is 18.1 Å². The number of hydrogen-bond acceptors (Lipinski definition) is 2. The summed E-state index contributed by atoms with van der Waals surface area (Å²) in [5.41, 5.74) is 5.20. The van der Waals surface area contributed by atoms with Gasteiger partial charge in [-0.2, -0.15) is 0 Å². The number of esters is 1. The van der Waals surface area contributed by atoms with Crippen molar-refractivity contribution in [2.75, 3.05) is 7.11 Å². The number of hydrogen-bond donors (Lipinski definition) is 1. The molecule has 3 heteroatoms. The molecule has 0 aliphatic carbocycles. The highest BCUT2D eigenvalue weighted by Gasteiger charge is 2.34. The van der Waals surface area contributed by atoms with Gasteiger partial charge in [0.25, 0.3) is 0 Å². The third kappa shape index (κ3) is 3.78. The van der Waals surface area contributed by atoms with Crippen molar-refractivity contribution in [2.45, 2.75) is 47.0 Å². The van der Waals surface area contributed by atoms with E-state index in [2.05, 4.69) is 63.1 Å². The normalized spacial score (nSPS) is 13.0. The fraction of sp³-hybridized carbons (Fsp3) is 0.375. The summed E-state index contributed by atoms with van der Waals surface area (Å²) in [6, 6.07) is 14.5. The first kappa shape index (κ1) is 20.8. The van der Waals surface area contributed by atoms with Crippen molar-refractivity contribution in [2.24, 2.45) is 5.92 Å². The van der Waals surface area contributed by atoms with Gasteiger partial charge in [0.05, 0.1) is 12.7 Å². The Bertz CT molecular complexity index is 906. The van der Waals surface area contributed by atoms with Gasteiger partial charge >= 0.3 is 5.97 Å². The van der Waals surface area contributed by atoms with Gasteiger partial charge in [0.1, 0.15) is 0 Å². The first-order valence-corrected chi connectivity index (χ1v) is 9.65. The van der Waals surface area contributed by atoms with E-state index < -0.39 is 0 Å². The molecule has 0 bridgehead atoms. The van der Waals surface area contributed by atoms with Crippen molar-refractivity contribution in [3.8, 4) is 0 Å². The van der Waals surface area contributed by atoms with E-state index in [4.69, 9.17) is 4.74 Å². The van der Waals surface area contributed by atoms with Crippen molar-refractivity contribution < 1.29 is 9.53 Å². The summed E-state index contributed by atoms with van der Waals surface area (Å²) in [7, 11) is 1.40. The highest BCUT2D eigenvalue weighted by Crippen LogP contribution is 2.42. The van der Waals surface area contributed by atoms with Gasteiger partial charge in [0, 0.05) is 22.5 Å². The summed E-state index contributed by atoms with van der Waals surface area (Å²) in [4.78, 5) is 15.1. The van der Waals surface area contributed by atoms with Gasteiger partial charge in [-0.3, -0.25) is 0 Å². The minimum Gasteiger partial charge on any atom is -0.465 e. The monoisotopic (exact) mass is 365 g/mol. The highest BCUT2D eigenvalue weighted by atomic mass is 16.5. The molecule has 0 radical (unpaired) electrons. The van der Waals surface area contributed by atoms with E-state index in [1.165, 1.54) is 23.8 Å². The molecule has 1 atom stereocenters. The van der Waals surface area contributed by atoms with E-state index in [0.717, 1.165) is 10.9 Å². The van der Waals surface area contributed by atoms with E-state index in [1.807, 2.05) is 32.0 Å². The van der Waals surface area contributed by atoms with Gasteiger partial charge in [-0.05, 0) is 36.1 Å². The lowest BCUT2D eigenvalue weighted by Gasteiger charge is -2.35. The van der Waals surface area contributed by atoms with E-state index in [-0.39, 0.29) is 11.4 Å². The fourth-order valence-corrected chi connectivity index (χ4v) is 3.50. The number of rotatable bonds is 4. The smallest absolute Gasteiger partial charge is 0.337 e. The molecular weight excluding hydrogens is 334 g/mol. The quantitative estimate of drug-likeness (QED) is 0.555. The zero-order valence-corrected chi connectivity index (χ0v) is 17.5. The number of aryl methyl sites for hydroxylation is 1. The van der Waals surface area contributed by atoms with Gasteiger partial charge in [-0.25, -0.2) is 4.79 Å². The van der Waals surface area contributed by atoms with Crippen molar-refractivity contribution in [1.82, 2.24) is 4.98 Å². The number of nitrogens with one attached hydrogen (secondary N) is 1. The van der Waals surface area contributed by atoms with E-state index in [9.17, 15) is 4.79 Å². The summed E-state index contributed by atoms with van der Waals surface area (Å²) in [6.07, 6.45) is 2.07. The Morgan fingerprint density at radius 2 is 1.70 bits per heavy atom. The molecule has 3 nitrogen and oxygen atoms in total. The Morgan fingerprint density at radius 3 is 2.26 bits per heavy atom. The number of ether oxygens (including phenoxy) is 1.